The van der Waals surface area contributed by atoms with Gasteiger partial charge < -0.3 is 15.2 Å². The monoisotopic (exact) mass is 546 g/mol. The van der Waals surface area contributed by atoms with Crippen LogP contribution in [0.4, 0.5) is 18.9 Å². The maximum Gasteiger partial charge on any atom is 0.416 e. The Morgan fingerprint density at radius 3 is 2.55 bits per heavy atom. The second-order valence-corrected chi connectivity index (χ2v) is 9.73. The number of rotatable bonds is 6. The molecule has 0 aliphatic carbocycles. The molecule has 2 N–H and O–H groups in total. The fourth-order valence-electron chi connectivity index (χ4n) is 4.74. The number of carbonyl (C=O) groups excluding carboxylic acids is 1. The minimum absolute atomic E-state index is 0.0977. The van der Waals surface area contributed by atoms with Gasteiger partial charge in [-0.05, 0) is 48.5 Å². The zero-order valence-electron chi connectivity index (χ0n) is 22.1. The maximum absolute atomic E-state index is 13.9. The smallest absolute Gasteiger partial charge is 0.346 e. The van der Waals surface area contributed by atoms with Crippen molar-refractivity contribution in [2.75, 3.05) is 38.0 Å². The van der Waals surface area contributed by atoms with E-state index in [9.17, 15) is 18.0 Å². The largest absolute Gasteiger partial charge is 0.416 e. The van der Waals surface area contributed by atoms with Gasteiger partial charge in [-0.2, -0.15) is 13.2 Å². The lowest BCUT2D eigenvalue weighted by Gasteiger charge is -2.34. The summed E-state index contributed by atoms with van der Waals surface area (Å²) in [7, 11) is 0. The highest BCUT2D eigenvalue weighted by Crippen LogP contribution is 2.34. The number of benzene rings is 1. The molecule has 206 valence electrons. The molecule has 5 rings (SSSR count). The minimum Gasteiger partial charge on any atom is -0.346 e. The molecule has 0 spiro atoms. The van der Waals surface area contributed by atoms with Gasteiger partial charge in [-0.3, -0.25) is 14.7 Å². The first-order chi connectivity index (χ1) is 19.3. The van der Waals surface area contributed by atoms with Crippen LogP contribution < -0.4 is 5.32 Å². The Labute approximate surface area is 230 Å². The molecule has 7 nitrogen and oxygen atoms in total. The third-order valence-corrected chi connectivity index (χ3v) is 6.91. The highest BCUT2D eigenvalue weighted by atomic mass is 19.4. The first-order valence-corrected chi connectivity index (χ1v) is 13.1. The molecule has 1 saturated heterocycles. The van der Waals surface area contributed by atoms with Crippen molar-refractivity contribution in [2.24, 2.45) is 0 Å². The summed E-state index contributed by atoms with van der Waals surface area (Å²) in [5.41, 5.74) is 2.22. The topological polar surface area (TPSA) is 77.1 Å². The van der Waals surface area contributed by atoms with Gasteiger partial charge in [-0.25, -0.2) is 4.98 Å². The van der Waals surface area contributed by atoms with Crippen molar-refractivity contribution in [3.05, 3.63) is 89.0 Å². The average Bonchev–Trinajstić information content (AvgIpc) is 3.41. The Kier molecular flexibility index (Phi) is 8.14. The highest BCUT2D eigenvalue weighted by molar-refractivity contribution is 5.92. The van der Waals surface area contributed by atoms with Gasteiger partial charge in [0.15, 0.2) is 0 Å². The van der Waals surface area contributed by atoms with Crippen LogP contribution in [0.2, 0.25) is 0 Å². The van der Waals surface area contributed by atoms with Crippen LogP contribution >= 0.6 is 0 Å². The Hall–Kier alpha value is -4.20. The van der Waals surface area contributed by atoms with Crippen molar-refractivity contribution in [1.29, 1.82) is 0 Å². The fraction of sp³-hybridized carbons (Fsp3) is 0.300. The van der Waals surface area contributed by atoms with E-state index in [1.165, 1.54) is 12.1 Å². The summed E-state index contributed by atoms with van der Waals surface area (Å²) >= 11 is 0. The first kappa shape index (κ1) is 27.4. The van der Waals surface area contributed by atoms with Crippen LogP contribution in [0.25, 0.3) is 11.0 Å². The van der Waals surface area contributed by atoms with E-state index in [0.717, 1.165) is 55.4 Å². The number of alkyl halides is 3. The van der Waals surface area contributed by atoms with E-state index in [-0.39, 0.29) is 24.2 Å². The summed E-state index contributed by atoms with van der Waals surface area (Å²) in [6.07, 6.45) is 0.405. The van der Waals surface area contributed by atoms with Crippen LogP contribution in [-0.2, 0) is 23.9 Å². The Morgan fingerprint density at radius 2 is 1.77 bits per heavy atom. The van der Waals surface area contributed by atoms with Gasteiger partial charge in [0.05, 0.1) is 17.7 Å². The lowest BCUT2D eigenvalue weighted by molar-refractivity contribution is -0.138. The molecule has 1 fully saturated rings. The molecule has 40 heavy (non-hydrogen) atoms. The fourth-order valence-corrected chi connectivity index (χ4v) is 4.74. The van der Waals surface area contributed by atoms with Crippen molar-refractivity contribution >= 4 is 22.6 Å². The molecule has 0 atom stereocenters. The number of H-pyrrole nitrogens is 1. The summed E-state index contributed by atoms with van der Waals surface area (Å²) in [4.78, 5) is 28.6. The number of carbonyl (C=O) groups is 1. The minimum atomic E-state index is -4.53. The van der Waals surface area contributed by atoms with Crippen LogP contribution in [0, 0.1) is 11.8 Å². The van der Waals surface area contributed by atoms with Gasteiger partial charge in [0.25, 0.3) is 0 Å². The van der Waals surface area contributed by atoms with E-state index in [4.69, 9.17) is 0 Å². The van der Waals surface area contributed by atoms with Gasteiger partial charge in [0, 0.05) is 73.5 Å². The number of likely N-dealkylation sites (N-methyl/N-ethyl adjacent to an activating group) is 1. The summed E-state index contributed by atoms with van der Waals surface area (Å²) in [5.74, 6) is 5.64. The van der Waals surface area contributed by atoms with E-state index in [0.29, 0.717) is 11.3 Å². The molecule has 1 amide bonds. The predicted molar refractivity (Wildman–Crippen MR) is 147 cm³/mol. The van der Waals surface area contributed by atoms with E-state index in [1.807, 2.05) is 23.2 Å². The quantitative estimate of drug-likeness (QED) is 0.343. The van der Waals surface area contributed by atoms with Crippen LogP contribution in [0.1, 0.15) is 34.9 Å². The molecule has 4 heterocycles. The van der Waals surface area contributed by atoms with Gasteiger partial charge >= 0.3 is 6.18 Å². The molecule has 0 saturated carbocycles. The Bertz CT molecular complexity index is 1560. The molecule has 1 aliphatic rings. The molecule has 3 aromatic heterocycles. The Morgan fingerprint density at radius 1 is 1.00 bits per heavy atom. The summed E-state index contributed by atoms with van der Waals surface area (Å²) < 4.78 is 41.7. The lowest BCUT2D eigenvalue weighted by Crippen LogP contribution is -2.45. The van der Waals surface area contributed by atoms with Crippen molar-refractivity contribution in [3.63, 3.8) is 0 Å². The number of piperazine rings is 1. The maximum atomic E-state index is 13.9. The molecule has 10 heteroatoms. The standard InChI is InChI=1S/C30H29F3N6O/c1-2-38-11-13-39(14-12-38)20-24-5-6-25(17-27(24)30(31,32)33)37-28(40)18-26-16-21(7-9-34-26)3-4-22-15-23-8-10-35-29(23)36-19-22/h5-10,15-17,19H,2,11-14,18,20H2,1H3,(H,35,36)(H,37,40). The number of anilines is 1. The summed E-state index contributed by atoms with van der Waals surface area (Å²) in [6.45, 7) is 6.36. The molecule has 4 aromatic rings. The third kappa shape index (κ3) is 6.86. The van der Waals surface area contributed by atoms with E-state index in [2.05, 4.69) is 43.9 Å². The first-order valence-electron chi connectivity index (χ1n) is 13.1. The number of hydrogen-bond acceptors (Lipinski definition) is 5. The van der Waals surface area contributed by atoms with Crippen LogP contribution in [-0.4, -0.2) is 63.4 Å². The summed E-state index contributed by atoms with van der Waals surface area (Å²) in [6, 6.07) is 11.3. The second-order valence-electron chi connectivity index (χ2n) is 9.73. The van der Waals surface area contributed by atoms with Crippen molar-refractivity contribution in [3.8, 4) is 11.8 Å². The van der Waals surface area contributed by atoms with Crippen molar-refractivity contribution in [1.82, 2.24) is 24.8 Å². The number of aromatic nitrogens is 3. The molecule has 0 unspecified atom stereocenters. The van der Waals surface area contributed by atoms with Gasteiger partial charge in [0.2, 0.25) is 5.91 Å². The van der Waals surface area contributed by atoms with E-state index >= 15 is 0 Å². The number of halogens is 3. The van der Waals surface area contributed by atoms with E-state index in [1.54, 1.807) is 24.5 Å². The number of aromatic amines is 1. The molecule has 0 radical (unpaired) electrons. The number of pyridine rings is 2. The number of amides is 1. The van der Waals surface area contributed by atoms with Crippen molar-refractivity contribution in [2.45, 2.75) is 26.1 Å². The van der Waals surface area contributed by atoms with Crippen LogP contribution in [0.5, 0.6) is 0 Å². The number of nitrogens with zero attached hydrogens (tertiary/aromatic N) is 4. The molecule has 0 bridgehead atoms. The molecular formula is C30H29F3N6O. The normalized spacial score (nSPS) is 14.6. The number of nitrogens with one attached hydrogen (secondary N) is 2. The Balaban J connectivity index is 1.24. The SMILES string of the molecule is CCN1CCN(Cc2ccc(NC(=O)Cc3cc(C#Cc4cnc5[nH]ccc5c4)ccn3)cc2C(F)(F)F)CC1. The second kappa shape index (κ2) is 11.9. The number of hydrogen-bond donors (Lipinski definition) is 2. The van der Waals surface area contributed by atoms with Crippen LogP contribution in [0.3, 0.4) is 0 Å². The van der Waals surface area contributed by atoms with E-state index < -0.39 is 17.6 Å². The number of fused-ring (bicyclic) bond motifs is 1. The highest BCUT2D eigenvalue weighted by Gasteiger charge is 2.34. The molecule has 1 aromatic carbocycles. The van der Waals surface area contributed by atoms with Gasteiger partial charge in [-0.1, -0.05) is 24.8 Å². The predicted octanol–water partition coefficient (Wildman–Crippen LogP) is 4.70. The third-order valence-electron chi connectivity index (χ3n) is 6.91. The zero-order valence-corrected chi connectivity index (χ0v) is 22.1. The lowest BCUT2D eigenvalue weighted by atomic mass is 10.0. The van der Waals surface area contributed by atoms with Crippen molar-refractivity contribution < 1.29 is 18.0 Å². The zero-order chi connectivity index (χ0) is 28.1. The van der Waals surface area contributed by atoms with Gasteiger partial charge in [-0.15, -0.1) is 0 Å². The molecular weight excluding hydrogens is 517 g/mol. The van der Waals surface area contributed by atoms with Crippen LogP contribution in [0.15, 0.2) is 61.1 Å². The molecule has 1 aliphatic heterocycles. The summed E-state index contributed by atoms with van der Waals surface area (Å²) in [5, 5.41) is 3.55. The average molecular weight is 547 g/mol. The van der Waals surface area contributed by atoms with Gasteiger partial charge in [0.1, 0.15) is 5.65 Å².